The van der Waals surface area contributed by atoms with Crippen LogP contribution < -0.4 is 10.5 Å². The monoisotopic (exact) mass is 283 g/mol. The van der Waals surface area contributed by atoms with Crippen molar-refractivity contribution < 1.29 is 9.47 Å². The summed E-state index contributed by atoms with van der Waals surface area (Å²) in [6.07, 6.45) is 5.58. The van der Waals surface area contributed by atoms with Gasteiger partial charge in [-0.1, -0.05) is 17.7 Å². The van der Waals surface area contributed by atoms with Crippen LogP contribution in [0.15, 0.2) is 18.2 Å². The molecule has 0 amide bonds. The van der Waals surface area contributed by atoms with Crippen molar-refractivity contribution in [2.75, 3.05) is 13.7 Å². The fraction of sp³-hybridized carbons (Fsp3) is 0.600. The molecule has 2 rings (SSSR count). The summed E-state index contributed by atoms with van der Waals surface area (Å²) in [5.74, 6) is 0.875. The third-order valence-corrected chi connectivity index (χ3v) is 4.03. The van der Waals surface area contributed by atoms with Crippen molar-refractivity contribution >= 4 is 11.6 Å². The molecule has 2 atom stereocenters. The lowest BCUT2D eigenvalue weighted by atomic mass is 9.95. The molecule has 1 saturated carbocycles. The van der Waals surface area contributed by atoms with Crippen LogP contribution in [-0.4, -0.2) is 25.9 Å². The number of halogens is 1. The molecule has 3 nitrogen and oxygen atoms in total. The molecule has 1 aliphatic rings. The summed E-state index contributed by atoms with van der Waals surface area (Å²) in [6, 6.07) is 5.79. The van der Waals surface area contributed by atoms with Gasteiger partial charge in [0.2, 0.25) is 0 Å². The van der Waals surface area contributed by atoms with E-state index in [4.69, 9.17) is 26.8 Å². The van der Waals surface area contributed by atoms with E-state index in [1.165, 1.54) is 0 Å². The van der Waals surface area contributed by atoms with Gasteiger partial charge in [-0.2, -0.15) is 0 Å². The van der Waals surface area contributed by atoms with Gasteiger partial charge in [-0.25, -0.2) is 0 Å². The average molecular weight is 284 g/mol. The Morgan fingerprint density at radius 3 is 2.84 bits per heavy atom. The molecule has 2 N–H and O–H groups in total. The van der Waals surface area contributed by atoms with Gasteiger partial charge in [0.25, 0.3) is 0 Å². The van der Waals surface area contributed by atoms with Crippen LogP contribution in [0.5, 0.6) is 5.75 Å². The highest BCUT2D eigenvalue weighted by atomic mass is 35.5. The molecule has 2 unspecified atom stereocenters. The van der Waals surface area contributed by atoms with E-state index in [-0.39, 0.29) is 6.10 Å². The first kappa shape index (κ1) is 14.6. The topological polar surface area (TPSA) is 44.5 Å². The predicted molar refractivity (Wildman–Crippen MR) is 77.9 cm³/mol. The summed E-state index contributed by atoms with van der Waals surface area (Å²) in [4.78, 5) is 0. The van der Waals surface area contributed by atoms with E-state index < -0.39 is 0 Å². The quantitative estimate of drug-likeness (QED) is 0.903. The van der Waals surface area contributed by atoms with Gasteiger partial charge >= 0.3 is 0 Å². The highest BCUT2D eigenvalue weighted by Crippen LogP contribution is 2.31. The Hall–Kier alpha value is -0.770. The molecule has 0 aromatic heterocycles. The van der Waals surface area contributed by atoms with Crippen molar-refractivity contribution in [3.8, 4) is 5.75 Å². The molecular formula is C15H22ClNO2. The highest BCUT2D eigenvalue weighted by molar-refractivity contribution is 6.31. The first-order valence-corrected chi connectivity index (χ1v) is 7.29. The van der Waals surface area contributed by atoms with Crippen molar-refractivity contribution in [2.45, 2.75) is 44.3 Å². The van der Waals surface area contributed by atoms with Crippen LogP contribution in [0.2, 0.25) is 5.02 Å². The summed E-state index contributed by atoms with van der Waals surface area (Å²) in [7, 11) is 1.77. The van der Waals surface area contributed by atoms with Gasteiger partial charge in [-0.15, -0.1) is 0 Å². The van der Waals surface area contributed by atoms with Crippen LogP contribution in [-0.2, 0) is 11.2 Å². The van der Waals surface area contributed by atoms with E-state index in [0.717, 1.165) is 48.4 Å². The van der Waals surface area contributed by atoms with E-state index in [1.54, 1.807) is 7.11 Å². The van der Waals surface area contributed by atoms with Gasteiger partial charge in [0.15, 0.2) is 0 Å². The van der Waals surface area contributed by atoms with Crippen molar-refractivity contribution in [3.63, 3.8) is 0 Å². The number of benzene rings is 1. The van der Waals surface area contributed by atoms with E-state index in [2.05, 4.69) is 0 Å². The van der Waals surface area contributed by atoms with Gasteiger partial charge in [0.1, 0.15) is 11.9 Å². The summed E-state index contributed by atoms with van der Waals surface area (Å²) >= 11 is 6.22. The molecule has 106 valence electrons. The number of hydrogen-bond acceptors (Lipinski definition) is 3. The second-order valence-corrected chi connectivity index (χ2v) is 5.43. The Bertz CT molecular complexity index is 411. The molecule has 1 aliphatic carbocycles. The van der Waals surface area contributed by atoms with Crippen molar-refractivity contribution in [1.82, 2.24) is 0 Å². The lowest BCUT2D eigenvalue weighted by molar-refractivity contribution is 0.0207. The van der Waals surface area contributed by atoms with Crippen LogP contribution in [0.4, 0.5) is 0 Å². The van der Waals surface area contributed by atoms with Crippen LogP contribution >= 0.6 is 11.6 Å². The van der Waals surface area contributed by atoms with Crippen LogP contribution in [0.25, 0.3) is 0 Å². The number of rotatable bonds is 5. The largest absolute Gasteiger partial charge is 0.490 e. The minimum Gasteiger partial charge on any atom is -0.490 e. The zero-order chi connectivity index (χ0) is 13.7. The number of nitrogens with two attached hydrogens (primary N) is 1. The molecule has 0 saturated heterocycles. The highest BCUT2D eigenvalue weighted by Gasteiger charge is 2.24. The molecule has 4 heteroatoms. The Labute approximate surface area is 120 Å². The summed E-state index contributed by atoms with van der Waals surface area (Å²) in [5, 5.41) is 0.738. The minimum atomic E-state index is 0.216. The lowest BCUT2D eigenvalue weighted by Gasteiger charge is -2.29. The maximum absolute atomic E-state index is 6.22. The van der Waals surface area contributed by atoms with Crippen LogP contribution in [0.1, 0.15) is 31.2 Å². The maximum atomic E-state index is 6.22. The SMILES string of the molecule is COC1CCCC(Oc2cccc(Cl)c2CCN)C1. The van der Waals surface area contributed by atoms with Crippen molar-refractivity contribution in [3.05, 3.63) is 28.8 Å². The predicted octanol–water partition coefficient (Wildman–Crippen LogP) is 3.18. The van der Waals surface area contributed by atoms with E-state index >= 15 is 0 Å². The van der Waals surface area contributed by atoms with Gasteiger partial charge in [-0.3, -0.25) is 0 Å². The lowest BCUT2D eigenvalue weighted by Crippen LogP contribution is -2.29. The molecule has 0 bridgehead atoms. The average Bonchev–Trinajstić information content (AvgIpc) is 2.43. The number of hydrogen-bond donors (Lipinski definition) is 1. The zero-order valence-electron chi connectivity index (χ0n) is 11.4. The second kappa shape index (κ2) is 7.13. The number of ether oxygens (including phenoxy) is 2. The standard InChI is InChI=1S/C15H22ClNO2/c1-18-11-4-2-5-12(10-11)19-15-7-3-6-14(16)13(15)8-9-17/h3,6-7,11-12H,2,4-5,8-10,17H2,1H3. The van der Waals surface area contributed by atoms with Crippen molar-refractivity contribution in [2.24, 2.45) is 5.73 Å². The first-order chi connectivity index (χ1) is 9.24. The molecule has 1 fully saturated rings. The van der Waals surface area contributed by atoms with Crippen LogP contribution in [0.3, 0.4) is 0 Å². The Morgan fingerprint density at radius 1 is 1.32 bits per heavy atom. The molecule has 1 aromatic rings. The molecule has 0 radical (unpaired) electrons. The van der Waals surface area contributed by atoms with Crippen molar-refractivity contribution in [1.29, 1.82) is 0 Å². The fourth-order valence-electron chi connectivity index (χ4n) is 2.64. The Kier molecular flexibility index (Phi) is 5.49. The molecule has 0 heterocycles. The van der Waals surface area contributed by atoms with E-state index in [0.29, 0.717) is 12.6 Å². The molecule has 19 heavy (non-hydrogen) atoms. The number of methoxy groups -OCH3 is 1. The normalized spacial score (nSPS) is 23.3. The summed E-state index contributed by atoms with van der Waals surface area (Å²) in [6.45, 7) is 0.575. The molecule has 1 aromatic carbocycles. The van der Waals surface area contributed by atoms with Crippen LogP contribution in [0, 0.1) is 0 Å². The summed E-state index contributed by atoms with van der Waals surface area (Å²) < 4.78 is 11.6. The maximum Gasteiger partial charge on any atom is 0.124 e. The third kappa shape index (κ3) is 3.85. The van der Waals surface area contributed by atoms with Gasteiger partial charge in [0, 0.05) is 24.1 Å². The Morgan fingerprint density at radius 2 is 2.11 bits per heavy atom. The molecule has 0 aliphatic heterocycles. The van der Waals surface area contributed by atoms with E-state index in [1.807, 2.05) is 18.2 Å². The van der Waals surface area contributed by atoms with E-state index in [9.17, 15) is 0 Å². The van der Waals surface area contributed by atoms with Gasteiger partial charge in [0.05, 0.1) is 6.10 Å². The molecular weight excluding hydrogens is 262 g/mol. The molecule has 0 spiro atoms. The van der Waals surface area contributed by atoms with Gasteiger partial charge in [-0.05, 0) is 44.4 Å². The zero-order valence-corrected chi connectivity index (χ0v) is 12.2. The first-order valence-electron chi connectivity index (χ1n) is 6.91. The third-order valence-electron chi connectivity index (χ3n) is 3.68. The van der Waals surface area contributed by atoms with Gasteiger partial charge < -0.3 is 15.2 Å². The summed E-state index contributed by atoms with van der Waals surface area (Å²) in [5.41, 5.74) is 6.66. The Balaban J connectivity index is 2.07. The fourth-order valence-corrected chi connectivity index (χ4v) is 2.90. The smallest absolute Gasteiger partial charge is 0.124 e. The second-order valence-electron chi connectivity index (χ2n) is 5.02. The minimum absolute atomic E-state index is 0.216.